The van der Waals surface area contributed by atoms with Gasteiger partial charge in [-0.25, -0.2) is 0 Å². The van der Waals surface area contributed by atoms with Crippen LogP contribution in [0.2, 0.25) is 0 Å². The molecule has 0 bridgehead atoms. The highest BCUT2D eigenvalue weighted by Gasteiger charge is 2.41. The molecule has 0 aliphatic carbocycles. The molecule has 1 amide bonds. The van der Waals surface area contributed by atoms with Gasteiger partial charge in [0.15, 0.2) is 5.11 Å². The van der Waals surface area contributed by atoms with Gasteiger partial charge in [0, 0.05) is 5.69 Å². The minimum atomic E-state index is -0.393. The van der Waals surface area contributed by atoms with Gasteiger partial charge in [-0.3, -0.25) is 9.69 Å². The second-order valence-corrected chi connectivity index (χ2v) is 7.33. The lowest BCUT2D eigenvalue weighted by molar-refractivity contribution is -0.117. The number of hydrogen-bond acceptors (Lipinski definition) is 4. The van der Waals surface area contributed by atoms with Gasteiger partial charge in [-0.2, -0.15) is 0 Å². The Balaban J connectivity index is 1.50. The van der Waals surface area contributed by atoms with Gasteiger partial charge in [-0.15, -0.1) is 0 Å². The molecule has 1 saturated heterocycles. The zero-order valence-corrected chi connectivity index (χ0v) is 17.6. The zero-order chi connectivity index (χ0) is 21.1. The number of nitrogens with zero attached hydrogens (tertiary/aromatic N) is 2. The van der Waals surface area contributed by atoms with Crippen LogP contribution in [0.15, 0.2) is 78.9 Å². The molecule has 3 aromatic rings. The van der Waals surface area contributed by atoms with Crippen molar-refractivity contribution < 1.29 is 14.3 Å². The number of thiocarbonyl (C=S) groups is 1. The maximum atomic E-state index is 12.9. The molecule has 1 atom stereocenters. The molecule has 0 saturated carbocycles. The largest absolute Gasteiger partial charge is 0.497 e. The van der Waals surface area contributed by atoms with Crippen LogP contribution in [-0.2, 0) is 11.4 Å². The Kier molecular flexibility index (Phi) is 5.68. The molecule has 0 radical (unpaired) electrons. The smallest absolute Gasteiger partial charge is 0.256 e. The lowest BCUT2D eigenvalue weighted by Crippen LogP contribution is -2.33. The van der Waals surface area contributed by atoms with Crippen molar-refractivity contribution in [2.75, 3.05) is 16.9 Å². The molecule has 0 N–H and O–H groups in total. The second-order valence-electron chi connectivity index (χ2n) is 6.97. The number of rotatable bonds is 6. The third-order valence-corrected chi connectivity index (χ3v) is 5.44. The second kappa shape index (κ2) is 8.55. The standard InChI is InChI=1S/C24H22N2O3S/c1-17-23(27)26(20-8-12-21(28-2)13-9-20)24(30)25(17)19-10-14-22(15-11-19)29-16-18-6-4-3-5-7-18/h3-15,17H,16H2,1-2H3. The summed E-state index contributed by atoms with van der Waals surface area (Å²) in [6, 6.07) is 24.6. The van der Waals surface area contributed by atoms with E-state index in [0.717, 1.165) is 28.4 Å². The first-order chi connectivity index (χ1) is 14.6. The Hall–Kier alpha value is -3.38. The summed E-state index contributed by atoms with van der Waals surface area (Å²) >= 11 is 5.66. The fourth-order valence-electron chi connectivity index (χ4n) is 3.41. The van der Waals surface area contributed by atoms with E-state index in [-0.39, 0.29) is 5.91 Å². The number of anilines is 2. The molecule has 5 nitrogen and oxygen atoms in total. The first kappa shape index (κ1) is 19.9. The number of benzene rings is 3. The van der Waals surface area contributed by atoms with Crippen LogP contribution in [0.3, 0.4) is 0 Å². The van der Waals surface area contributed by atoms with E-state index in [0.29, 0.717) is 11.7 Å². The highest BCUT2D eigenvalue weighted by Crippen LogP contribution is 2.32. The molecule has 152 valence electrons. The van der Waals surface area contributed by atoms with Crippen LogP contribution in [0, 0.1) is 0 Å². The molecule has 1 heterocycles. The van der Waals surface area contributed by atoms with Crippen molar-refractivity contribution in [3.63, 3.8) is 0 Å². The minimum Gasteiger partial charge on any atom is -0.497 e. The van der Waals surface area contributed by atoms with Gasteiger partial charge >= 0.3 is 0 Å². The topological polar surface area (TPSA) is 42.0 Å². The molecule has 3 aromatic carbocycles. The monoisotopic (exact) mass is 418 g/mol. The van der Waals surface area contributed by atoms with E-state index in [1.54, 1.807) is 12.0 Å². The van der Waals surface area contributed by atoms with Gasteiger partial charge < -0.3 is 14.4 Å². The number of carbonyl (C=O) groups is 1. The van der Waals surface area contributed by atoms with Crippen LogP contribution in [0.25, 0.3) is 0 Å². The molecule has 1 aliphatic rings. The first-order valence-electron chi connectivity index (χ1n) is 9.66. The summed E-state index contributed by atoms with van der Waals surface area (Å²) in [5, 5.41) is 0.454. The summed E-state index contributed by atoms with van der Waals surface area (Å²) in [4.78, 5) is 16.4. The van der Waals surface area contributed by atoms with Crippen LogP contribution in [-0.4, -0.2) is 24.2 Å². The molecular weight excluding hydrogens is 396 g/mol. The lowest BCUT2D eigenvalue weighted by atomic mass is 10.2. The highest BCUT2D eigenvalue weighted by atomic mass is 32.1. The van der Waals surface area contributed by atoms with Crippen LogP contribution in [0.4, 0.5) is 11.4 Å². The van der Waals surface area contributed by atoms with E-state index in [9.17, 15) is 4.79 Å². The van der Waals surface area contributed by atoms with Gasteiger partial charge in [0.25, 0.3) is 5.91 Å². The maximum Gasteiger partial charge on any atom is 0.256 e. The lowest BCUT2D eigenvalue weighted by Gasteiger charge is -2.22. The van der Waals surface area contributed by atoms with Gasteiger partial charge in [-0.1, -0.05) is 30.3 Å². The highest BCUT2D eigenvalue weighted by molar-refractivity contribution is 7.81. The molecule has 0 aromatic heterocycles. The normalized spacial score (nSPS) is 16.1. The third kappa shape index (κ3) is 3.86. The SMILES string of the molecule is COc1ccc(N2C(=O)C(C)N(c3ccc(OCc4ccccc4)cc3)C2=S)cc1. The molecule has 0 spiro atoms. The van der Waals surface area contributed by atoms with Crippen LogP contribution >= 0.6 is 12.2 Å². The van der Waals surface area contributed by atoms with Crippen molar-refractivity contribution in [3.8, 4) is 11.5 Å². The number of carbonyl (C=O) groups excluding carboxylic acids is 1. The predicted octanol–water partition coefficient (Wildman–Crippen LogP) is 4.80. The molecule has 1 unspecified atom stereocenters. The number of amides is 1. The van der Waals surface area contributed by atoms with Crippen molar-refractivity contribution in [1.82, 2.24) is 0 Å². The Labute approximate surface area is 181 Å². The number of methoxy groups -OCH3 is 1. The number of hydrogen-bond donors (Lipinski definition) is 0. The van der Waals surface area contributed by atoms with Crippen molar-refractivity contribution >= 4 is 34.6 Å². The van der Waals surface area contributed by atoms with Crippen molar-refractivity contribution in [2.24, 2.45) is 0 Å². The van der Waals surface area contributed by atoms with Crippen LogP contribution < -0.4 is 19.3 Å². The van der Waals surface area contributed by atoms with Crippen molar-refractivity contribution in [1.29, 1.82) is 0 Å². The Morgan fingerprint density at radius 1 is 0.867 bits per heavy atom. The van der Waals surface area contributed by atoms with Gasteiger partial charge in [-0.05, 0) is 73.2 Å². The average molecular weight is 419 g/mol. The summed E-state index contributed by atoms with van der Waals surface area (Å²) in [6.45, 7) is 2.36. The summed E-state index contributed by atoms with van der Waals surface area (Å²) < 4.78 is 11.1. The van der Waals surface area contributed by atoms with Gasteiger partial charge in [0.05, 0.1) is 12.8 Å². The fraction of sp³-hybridized carbons (Fsp3) is 0.167. The van der Waals surface area contributed by atoms with Crippen LogP contribution in [0.1, 0.15) is 12.5 Å². The van der Waals surface area contributed by atoms with Gasteiger partial charge in [0.1, 0.15) is 24.1 Å². The molecule has 1 fully saturated rings. The minimum absolute atomic E-state index is 0.0606. The first-order valence-corrected chi connectivity index (χ1v) is 10.1. The zero-order valence-electron chi connectivity index (χ0n) is 16.8. The Morgan fingerprint density at radius 3 is 2.10 bits per heavy atom. The Morgan fingerprint density at radius 2 is 1.47 bits per heavy atom. The van der Waals surface area contributed by atoms with E-state index in [1.165, 1.54) is 0 Å². The molecule has 4 rings (SSSR count). The summed E-state index contributed by atoms with van der Waals surface area (Å²) in [7, 11) is 1.61. The molecule has 6 heteroatoms. The third-order valence-electron chi connectivity index (χ3n) is 5.06. The fourth-order valence-corrected chi connectivity index (χ4v) is 3.87. The molecule has 1 aliphatic heterocycles. The van der Waals surface area contributed by atoms with Crippen molar-refractivity contribution in [3.05, 3.63) is 84.4 Å². The predicted molar refractivity (Wildman–Crippen MR) is 122 cm³/mol. The quantitative estimate of drug-likeness (QED) is 0.538. The van der Waals surface area contributed by atoms with Crippen molar-refractivity contribution in [2.45, 2.75) is 19.6 Å². The Bertz CT molecular complexity index is 1040. The average Bonchev–Trinajstić information content (AvgIpc) is 3.01. The summed E-state index contributed by atoms with van der Waals surface area (Å²) in [6.07, 6.45) is 0. The summed E-state index contributed by atoms with van der Waals surface area (Å²) in [5.41, 5.74) is 2.68. The van der Waals surface area contributed by atoms with E-state index in [4.69, 9.17) is 21.7 Å². The van der Waals surface area contributed by atoms with Gasteiger partial charge in [0.2, 0.25) is 0 Å². The number of ether oxygens (including phenoxy) is 2. The van der Waals surface area contributed by atoms with E-state index in [2.05, 4.69) is 0 Å². The molecular formula is C24H22N2O3S. The van der Waals surface area contributed by atoms with E-state index in [1.807, 2.05) is 90.7 Å². The maximum absolute atomic E-state index is 12.9. The molecule has 30 heavy (non-hydrogen) atoms. The van der Waals surface area contributed by atoms with Crippen LogP contribution in [0.5, 0.6) is 11.5 Å². The van der Waals surface area contributed by atoms with E-state index < -0.39 is 6.04 Å². The summed E-state index contributed by atoms with van der Waals surface area (Å²) in [5.74, 6) is 1.43. The van der Waals surface area contributed by atoms with E-state index >= 15 is 0 Å².